The molecular weight excluding hydrogens is 159 g/mol. The lowest BCUT2D eigenvalue weighted by Gasteiger charge is -2.09. The molecule has 4 heteroatoms. The Labute approximate surface area is 70.4 Å². The predicted octanol–water partition coefficient (Wildman–Crippen LogP) is 0.867. The van der Waals surface area contributed by atoms with Crippen molar-refractivity contribution in [3.63, 3.8) is 0 Å². The average Bonchev–Trinajstić information content (AvgIpc) is 2.05. The molecule has 0 spiro atoms. The minimum Gasteiger partial charge on any atom is -0.383 e. The molecule has 0 bridgehead atoms. The van der Waals surface area contributed by atoms with Gasteiger partial charge in [0.1, 0.15) is 5.82 Å². The van der Waals surface area contributed by atoms with E-state index in [0.717, 1.165) is 6.20 Å². The van der Waals surface area contributed by atoms with Crippen molar-refractivity contribution in [1.82, 2.24) is 4.98 Å². The van der Waals surface area contributed by atoms with Gasteiger partial charge in [-0.3, -0.25) is 4.98 Å². The minimum absolute atomic E-state index is 0.307. The van der Waals surface area contributed by atoms with Crippen LogP contribution in [0.5, 0.6) is 0 Å². The molecule has 2 N–H and O–H groups in total. The van der Waals surface area contributed by atoms with Gasteiger partial charge in [0.2, 0.25) is 0 Å². The number of hydrogen-bond donors (Lipinski definition) is 1. The first-order valence-corrected chi connectivity index (χ1v) is 3.59. The fourth-order valence-electron chi connectivity index (χ4n) is 0.907. The van der Waals surface area contributed by atoms with Gasteiger partial charge in [-0.2, -0.15) is 0 Å². The molecule has 0 radical (unpaired) electrons. The van der Waals surface area contributed by atoms with Crippen molar-refractivity contribution in [2.45, 2.75) is 6.04 Å². The molecule has 66 valence electrons. The van der Waals surface area contributed by atoms with Crippen LogP contribution in [0.2, 0.25) is 0 Å². The monoisotopic (exact) mass is 170 g/mol. The number of hydrogen-bond acceptors (Lipinski definition) is 3. The normalized spacial score (nSPS) is 12.9. The van der Waals surface area contributed by atoms with E-state index in [1.54, 1.807) is 7.11 Å². The van der Waals surface area contributed by atoms with Gasteiger partial charge in [-0.05, 0) is 11.6 Å². The van der Waals surface area contributed by atoms with Crippen molar-refractivity contribution in [1.29, 1.82) is 0 Å². The minimum atomic E-state index is -0.376. The van der Waals surface area contributed by atoms with Crippen LogP contribution in [-0.2, 0) is 4.74 Å². The van der Waals surface area contributed by atoms with Crippen LogP contribution < -0.4 is 5.73 Å². The molecule has 0 saturated carbocycles. The molecule has 1 atom stereocenters. The van der Waals surface area contributed by atoms with Crippen molar-refractivity contribution in [2.24, 2.45) is 5.73 Å². The van der Waals surface area contributed by atoms with Crippen molar-refractivity contribution >= 4 is 0 Å². The van der Waals surface area contributed by atoms with Crippen LogP contribution in [0.15, 0.2) is 18.5 Å². The largest absolute Gasteiger partial charge is 0.383 e. The van der Waals surface area contributed by atoms with Gasteiger partial charge >= 0.3 is 0 Å². The molecule has 0 aliphatic carbocycles. The molecule has 12 heavy (non-hydrogen) atoms. The summed E-state index contributed by atoms with van der Waals surface area (Å²) in [5, 5.41) is 0. The summed E-state index contributed by atoms with van der Waals surface area (Å²) in [5.74, 6) is -0.376. The lowest BCUT2D eigenvalue weighted by atomic mass is 10.1. The topological polar surface area (TPSA) is 48.1 Å². The number of methoxy groups -OCH3 is 1. The van der Waals surface area contributed by atoms with Crippen LogP contribution in [0, 0.1) is 5.82 Å². The van der Waals surface area contributed by atoms with E-state index < -0.39 is 0 Å². The number of halogens is 1. The van der Waals surface area contributed by atoms with Crippen LogP contribution in [0.1, 0.15) is 11.6 Å². The Bertz CT molecular complexity index is 255. The van der Waals surface area contributed by atoms with E-state index in [9.17, 15) is 4.39 Å². The third-order valence-corrected chi connectivity index (χ3v) is 1.50. The Kier molecular flexibility index (Phi) is 3.13. The average molecular weight is 170 g/mol. The van der Waals surface area contributed by atoms with Gasteiger partial charge in [0.05, 0.1) is 18.8 Å². The smallest absolute Gasteiger partial charge is 0.141 e. The van der Waals surface area contributed by atoms with Crippen LogP contribution in [0.4, 0.5) is 4.39 Å². The molecule has 0 amide bonds. The van der Waals surface area contributed by atoms with Crippen molar-refractivity contribution in [2.75, 3.05) is 13.7 Å². The summed E-state index contributed by atoms with van der Waals surface area (Å²) in [6.45, 7) is 0.366. The molecular formula is C8H11FN2O. The molecule has 0 unspecified atom stereocenters. The van der Waals surface area contributed by atoms with Crippen molar-refractivity contribution < 1.29 is 9.13 Å². The maximum absolute atomic E-state index is 12.6. The van der Waals surface area contributed by atoms with Gasteiger partial charge in [-0.25, -0.2) is 4.39 Å². The first kappa shape index (κ1) is 9.09. The Balaban J connectivity index is 2.73. The number of pyridine rings is 1. The Morgan fingerprint density at radius 1 is 1.67 bits per heavy atom. The molecule has 3 nitrogen and oxygen atoms in total. The number of nitrogens with zero attached hydrogens (tertiary/aromatic N) is 1. The second-order valence-corrected chi connectivity index (χ2v) is 2.50. The highest BCUT2D eigenvalue weighted by Crippen LogP contribution is 2.09. The zero-order chi connectivity index (χ0) is 8.97. The third-order valence-electron chi connectivity index (χ3n) is 1.50. The summed E-state index contributed by atoms with van der Waals surface area (Å²) < 4.78 is 17.4. The van der Waals surface area contributed by atoms with Crippen LogP contribution in [-0.4, -0.2) is 18.7 Å². The summed E-state index contributed by atoms with van der Waals surface area (Å²) in [5.41, 5.74) is 6.29. The predicted molar refractivity (Wildman–Crippen MR) is 43.0 cm³/mol. The SMILES string of the molecule is COC[C@H](N)c1cncc(F)c1. The highest BCUT2D eigenvalue weighted by atomic mass is 19.1. The summed E-state index contributed by atoms with van der Waals surface area (Å²) in [4.78, 5) is 3.68. The molecule has 0 fully saturated rings. The number of aromatic nitrogens is 1. The molecule has 0 aromatic carbocycles. The zero-order valence-corrected chi connectivity index (χ0v) is 6.83. The molecule has 1 rings (SSSR count). The highest BCUT2D eigenvalue weighted by molar-refractivity contribution is 5.14. The van der Waals surface area contributed by atoms with E-state index in [1.165, 1.54) is 12.3 Å². The van der Waals surface area contributed by atoms with Gasteiger partial charge in [-0.15, -0.1) is 0 Å². The van der Waals surface area contributed by atoms with E-state index in [-0.39, 0.29) is 11.9 Å². The standard InChI is InChI=1S/C8H11FN2O/c1-12-5-8(10)6-2-7(9)4-11-3-6/h2-4,8H,5,10H2,1H3/t8-/m0/s1. The fraction of sp³-hybridized carbons (Fsp3) is 0.375. The molecule has 0 aliphatic rings. The first-order chi connectivity index (χ1) is 5.74. The second kappa shape index (κ2) is 4.13. The fourth-order valence-corrected chi connectivity index (χ4v) is 0.907. The maximum Gasteiger partial charge on any atom is 0.141 e. The first-order valence-electron chi connectivity index (χ1n) is 3.59. The van der Waals surface area contributed by atoms with Crippen LogP contribution >= 0.6 is 0 Å². The summed E-state index contributed by atoms with van der Waals surface area (Å²) in [7, 11) is 1.55. The molecule has 0 aliphatic heterocycles. The number of nitrogens with two attached hydrogens (primary N) is 1. The van der Waals surface area contributed by atoms with Gasteiger partial charge in [0.15, 0.2) is 0 Å². The van der Waals surface area contributed by atoms with E-state index in [0.29, 0.717) is 12.2 Å². The zero-order valence-electron chi connectivity index (χ0n) is 6.83. The second-order valence-electron chi connectivity index (χ2n) is 2.50. The Morgan fingerprint density at radius 3 is 3.00 bits per heavy atom. The van der Waals surface area contributed by atoms with Crippen LogP contribution in [0.25, 0.3) is 0 Å². The number of rotatable bonds is 3. The summed E-state index contributed by atoms with van der Waals surface area (Å²) in [6.07, 6.45) is 2.68. The van der Waals surface area contributed by atoms with E-state index in [2.05, 4.69) is 4.98 Å². The van der Waals surface area contributed by atoms with Crippen LogP contribution in [0.3, 0.4) is 0 Å². The van der Waals surface area contributed by atoms with Crippen molar-refractivity contribution in [3.8, 4) is 0 Å². The molecule has 1 aromatic heterocycles. The highest BCUT2D eigenvalue weighted by Gasteiger charge is 2.05. The lowest BCUT2D eigenvalue weighted by molar-refractivity contribution is 0.180. The maximum atomic E-state index is 12.6. The quantitative estimate of drug-likeness (QED) is 0.732. The van der Waals surface area contributed by atoms with E-state index in [4.69, 9.17) is 10.5 Å². The Hall–Kier alpha value is -1.00. The van der Waals surface area contributed by atoms with Gasteiger partial charge in [-0.1, -0.05) is 0 Å². The van der Waals surface area contributed by atoms with E-state index in [1.807, 2.05) is 0 Å². The molecule has 1 heterocycles. The summed E-state index contributed by atoms with van der Waals surface area (Å²) >= 11 is 0. The molecule has 0 saturated heterocycles. The Morgan fingerprint density at radius 2 is 2.42 bits per heavy atom. The third kappa shape index (κ3) is 2.25. The lowest BCUT2D eigenvalue weighted by Crippen LogP contribution is -2.16. The summed E-state index contributed by atoms with van der Waals surface area (Å²) in [6, 6.07) is 1.05. The van der Waals surface area contributed by atoms with E-state index >= 15 is 0 Å². The van der Waals surface area contributed by atoms with Gasteiger partial charge in [0, 0.05) is 13.3 Å². The van der Waals surface area contributed by atoms with Crippen molar-refractivity contribution in [3.05, 3.63) is 29.8 Å². The van der Waals surface area contributed by atoms with Gasteiger partial charge in [0.25, 0.3) is 0 Å². The number of ether oxygens (including phenoxy) is 1. The van der Waals surface area contributed by atoms with Gasteiger partial charge < -0.3 is 10.5 Å². The molecule has 1 aromatic rings.